The van der Waals surface area contributed by atoms with Crippen LogP contribution in [0.4, 0.5) is 18.0 Å². The summed E-state index contributed by atoms with van der Waals surface area (Å²) in [6.07, 6.45) is 0.152. The Morgan fingerprint density at radius 3 is 2.59 bits per heavy atom. The van der Waals surface area contributed by atoms with Crippen LogP contribution in [0.5, 0.6) is 0 Å². The average Bonchev–Trinajstić information content (AvgIpc) is 2.95. The first-order chi connectivity index (χ1) is 14.9. The van der Waals surface area contributed by atoms with Crippen molar-refractivity contribution in [2.45, 2.75) is 49.3 Å². The molecule has 0 spiro atoms. The Bertz CT molecular complexity index is 1070. The zero-order chi connectivity index (χ0) is 23.9. The summed E-state index contributed by atoms with van der Waals surface area (Å²) in [5.41, 5.74) is 0.0681. The molecule has 32 heavy (non-hydrogen) atoms. The molecule has 0 radical (unpaired) electrons. The summed E-state index contributed by atoms with van der Waals surface area (Å²) in [5.74, 6) is 0. The molecular formula is C19H24F3N5O3S2. The lowest BCUT2D eigenvalue weighted by Crippen LogP contribution is -2.38. The van der Waals surface area contributed by atoms with Gasteiger partial charge in [0.15, 0.2) is 0 Å². The van der Waals surface area contributed by atoms with Gasteiger partial charge in [-0.2, -0.15) is 18.3 Å². The van der Waals surface area contributed by atoms with E-state index in [0.29, 0.717) is 22.8 Å². The Morgan fingerprint density at radius 2 is 2.00 bits per heavy atom. The minimum Gasteiger partial charge on any atom is -0.337 e. The minimum absolute atomic E-state index is 0.281. The number of sulfonamides is 1. The van der Waals surface area contributed by atoms with Crippen molar-refractivity contribution in [2.75, 3.05) is 6.54 Å². The first kappa shape index (κ1) is 25.7. The molecule has 8 nitrogen and oxygen atoms in total. The van der Waals surface area contributed by atoms with E-state index in [2.05, 4.69) is 15.4 Å². The summed E-state index contributed by atoms with van der Waals surface area (Å²) in [7, 11) is -2.45. The summed E-state index contributed by atoms with van der Waals surface area (Å²) < 4.78 is 66.0. The van der Waals surface area contributed by atoms with Crippen LogP contribution in [-0.4, -0.2) is 35.8 Å². The number of carbonyl (C=O) groups is 1. The number of unbranched alkanes of at least 4 members (excludes halogenated alkanes) is 2. The van der Waals surface area contributed by atoms with Crippen molar-refractivity contribution >= 4 is 33.9 Å². The fourth-order valence-electron chi connectivity index (χ4n) is 2.61. The Labute approximate surface area is 188 Å². The number of hydrogen-bond donors (Lipinski definition) is 2. The molecule has 0 aliphatic heterocycles. The van der Waals surface area contributed by atoms with E-state index in [0.717, 1.165) is 48.7 Å². The van der Waals surface area contributed by atoms with Crippen molar-refractivity contribution in [3.63, 3.8) is 0 Å². The van der Waals surface area contributed by atoms with Crippen molar-refractivity contribution in [1.29, 1.82) is 0 Å². The number of nitrogens with zero attached hydrogens (tertiary/aromatic N) is 3. The van der Waals surface area contributed by atoms with E-state index >= 15 is 0 Å². The van der Waals surface area contributed by atoms with Crippen molar-refractivity contribution in [1.82, 2.24) is 24.8 Å². The Balaban J connectivity index is 2.14. The predicted octanol–water partition coefficient (Wildman–Crippen LogP) is 4.08. The molecule has 13 heteroatoms. The number of halogens is 3. The van der Waals surface area contributed by atoms with E-state index in [4.69, 9.17) is 0 Å². The van der Waals surface area contributed by atoms with Crippen molar-refractivity contribution < 1.29 is 26.4 Å². The molecule has 2 heterocycles. The summed E-state index contributed by atoms with van der Waals surface area (Å²) in [6.45, 7) is 4.03. The molecule has 0 bridgehead atoms. The van der Waals surface area contributed by atoms with Crippen LogP contribution in [0.25, 0.3) is 6.08 Å². The van der Waals surface area contributed by atoms with Crippen LogP contribution in [0.15, 0.2) is 33.8 Å². The molecule has 0 aliphatic carbocycles. The topological polar surface area (TPSA) is 106 Å². The second-order valence-corrected chi connectivity index (χ2v) is 9.40. The minimum atomic E-state index is -4.49. The van der Waals surface area contributed by atoms with E-state index in [9.17, 15) is 26.4 Å². The highest BCUT2D eigenvalue weighted by molar-refractivity contribution is 7.99. The van der Waals surface area contributed by atoms with Gasteiger partial charge in [-0.3, -0.25) is 4.68 Å². The fourth-order valence-corrected chi connectivity index (χ4v) is 4.26. The van der Waals surface area contributed by atoms with Gasteiger partial charge in [0, 0.05) is 25.4 Å². The Hall–Kier alpha value is -2.54. The summed E-state index contributed by atoms with van der Waals surface area (Å²) >= 11 is 1.04. The molecule has 2 aromatic rings. The molecule has 2 rings (SSSR count). The molecule has 0 aromatic carbocycles. The molecule has 176 valence electrons. The molecule has 0 saturated carbocycles. The van der Waals surface area contributed by atoms with Crippen LogP contribution in [0.2, 0.25) is 0 Å². The average molecular weight is 492 g/mol. The lowest BCUT2D eigenvalue weighted by Gasteiger charge is -2.07. The molecule has 2 N–H and O–H groups in total. The van der Waals surface area contributed by atoms with Gasteiger partial charge in [0.25, 0.3) is 10.0 Å². The van der Waals surface area contributed by atoms with Gasteiger partial charge < -0.3 is 5.32 Å². The Morgan fingerprint density at radius 1 is 1.28 bits per heavy atom. The van der Waals surface area contributed by atoms with Crippen LogP contribution in [0.1, 0.15) is 43.0 Å². The predicted molar refractivity (Wildman–Crippen MR) is 115 cm³/mol. The fraction of sp³-hybridized carbons (Fsp3) is 0.421. The Kier molecular flexibility index (Phi) is 8.73. The van der Waals surface area contributed by atoms with Crippen LogP contribution in [0.3, 0.4) is 0 Å². The van der Waals surface area contributed by atoms with Gasteiger partial charge in [-0.1, -0.05) is 19.8 Å². The first-order valence-corrected chi connectivity index (χ1v) is 12.0. The highest BCUT2D eigenvalue weighted by atomic mass is 32.2. The summed E-state index contributed by atoms with van der Waals surface area (Å²) in [6, 6.07) is 1.32. The van der Waals surface area contributed by atoms with Gasteiger partial charge in [-0.05, 0) is 43.3 Å². The van der Waals surface area contributed by atoms with E-state index in [1.807, 2.05) is 11.6 Å². The SMILES string of the molecule is CCCCCNC(=O)NS(=O)(=O)/C=C/c1c(C)nn(C)c1Sc1ccc(C(F)(F)F)cn1. The molecule has 2 aromatic heterocycles. The number of urea groups is 1. The normalized spacial score (nSPS) is 12.3. The van der Waals surface area contributed by atoms with Crippen LogP contribution in [-0.2, 0) is 23.2 Å². The number of nitrogens with one attached hydrogen (secondary N) is 2. The zero-order valence-electron chi connectivity index (χ0n) is 17.7. The molecule has 0 atom stereocenters. The maximum absolute atomic E-state index is 12.7. The zero-order valence-corrected chi connectivity index (χ0v) is 19.4. The molecule has 0 fully saturated rings. The van der Waals surface area contributed by atoms with Gasteiger partial charge in [0.1, 0.15) is 10.1 Å². The number of aromatic nitrogens is 3. The highest BCUT2D eigenvalue weighted by Gasteiger charge is 2.30. The number of hydrogen-bond acceptors (Lipinski definition) is 6. The third-order valence-corrected chi connectivity index (χ3v) is 6.29. The molecule has 0 unspecified atom stereocenters. The smallest absolute Gasteiger partial charge is 0.337 e. The van der Waals surface area contributed by atoms with Gasteiger partial charge in [0.2, 0.25) is 0 Å². The van der Waals surface area contributed by atoms with Crippen molar-refractivity contribution in [3.05, 3.63) is 40.6 Å². The number of amides is 2. The second-order valence-electron chi connectivity index (χ2n) is 6.83. The number of pyridine rings is 1. The lowest BCUT2D eigenvalue weighted by atomic mass is 10.2. The van der Waals surface area contributed by atoms with Gasteiger partial charge in [0.05, 0.1) is 16.7 Å². The number of carbonyl (C=O) groups excluding carboxylic acids is 1. The molecule has 2 amide bonds. The molecule has 0 aliphatic rings. The van der Waals surface area contributed by atoms with E-state index in [-0.39, 0.29) is 5.03 Å². The maximum atomic E-state index is 12.7. The van der Waals surface area contributed by atoms with Crippen LogP contribution >= 0.6 is 11.8 Å². The van der Waals surface area contributed by atoms with Crippen molar-refractivity contribution in [2.24, 2.45) is 7.05 Å². The highest BCUT2D eigenvalue weighted by Crippen LogP contribution is 2.34. The number of rotatable bonds is 9. The number of aryl methyl sites for hydroxylation is 2. The molecule has 0 saturated heterocycles. The van der Waals surface area contributed by atoms with Crippen LogP contribution in [0, 0.1) is 6.92 Å². The van der Waals surface area contributed by atoms with Crippen molar-refractivity contribution in [3.8, 4) is 0 Å². The quantitative estimate of drug-likeness (QED) is 0.512. The van der Waals surface area contributed by atoms with E-state index < -0.39 is 27.8 Å². The number of alkyl halides is 3. The largest absolute Gasteiger partial charge is 0.417 e. The monoisotopic (exact) mass is 491 g/mol. The first-order valence-electron chi connectivity index (χ1n) is 9.66. The third-order valence-electron chi connectivity index (χ3n) is 4.19. The summed E-state index contributed by atoms with van der Waals surface area (Å²) in [4.78, 5) is 15.6. The van der Waals surface area contributed by atoms with E-state index in [1.165, 1.54) is 16.8 Å². The van der Waals surface area contributed by atoms with Gasteiger partial charge >= 0.3 is 12.2 Å². The maximum Gasteiger partial charge on any atom is 0.417 e. The third kappa shape index (κ3) is 7.55. The van der Waals surface area contributed by atoms with E-state index in [1.54, 1.807) is 14.0 Å². The second kappa shape index (κ2) is 10.9. The van der Waals surface area contributed by atoms with Gasteiger partial charge in [-0.15, -0.1) is 0 Å². The standard InChI is InChI=1S/C19H24F3N5O3S2/c1-4-5-6-10-23-18(28)26-32(29,30)11-9-15-13(2)25-27(3)17(15)31-16-8-7-14(12-24-16)19(20,21)22/h7-9,11-12H,4-6,10H2,1-3H3,(H2,23,26,28)/b11-9+. The summed E-state index contributed by atoms with van der Waals surface area (Å²) in [5, 5.41) is 8.30. The van der Waals surface area contributed by atoms with Crippen LogP contribution < -0.4 is 10.0 Å². The van der Waals surface area contributed by atoms with Gasteiger partial charge in [-0.25, -0.2) is 22.9 Å². The molecular weight excluding hydrogens is 467 g/mol. The lowest BCUT2D eigenvalue weighted by molar-refractivity contribution is -0.137.